The van der Waals surface area contributed by atoms with Gasteiger partial charge in [0.2, 0.25) is 0 Å². The first-order chi connectivity index (χ1) is 8.61. The van der Waals surface area contributed by atoms with Crippen molar-refractivity contribution in [3.05, 3.63) is 22.8 Å². The summed E-state index contributed by atoms with van der Waals surface area (Å²) in [7, 11) is 1.69. The highest BCUT2D eigenvalue weighted by Crippen LogP contribution is 2.19. The summed E-state index contributed by atoms with van der Waals surface area (Å²) in [4.78, 5) is 9.11. The third-order valence-corrected chi connectivity index (χ3v) is 3.54. The monoisotopic (exact) mass is 249 g/mol. The molecule has 0 spiro atoms. The van der Waals surface area contributed by atoms with Crippen LogP contribution in [0.3, 0.4) is 0 Å². The summed E-state index contributed by atoms with van der Waals surface area (Å²) in [5.74, 6) is 0.784. The van der Waals surface area contributed by atoms with Crippen LogP contribution in [0.25, 0.3) is 0 Å². The summed E-state index contributed by atoms with van der Waals surface area (Å²) < 4.78 is 5.27. The van der Waals surface area contributed by atoms with Crippen molar-refractivity contribution >= 4 is 0 Å². The fourth-order valence-electron chi connectivity index (χ4n) is 2.10. The molecule has 100 valence electrons. The molecule has 1 aliphatic rings. The second-order valence-electron chi connectivity index (χ2n) is 5.09. The molecule has 0 radical (unpaired) electrons. The maximum atomic E-state index is 5.27. The van der Waals surface area contributed by atoms with Crippen LogP contribution in [-0.4, -0.2) is 29.7 Å². The van der Waals surface area contributed by atoms with Crippen LogP contribution in [-0.2, 0) is 11.2 Å². The molecule has 1 N–H and O–H groups in total. The standard InChI is InChI=1S/C14H23N3O/c1-9-13(7-8-15-12-5-6-12)10(2)17-14(16-9)11(3)18-4/h11-12,15H,5-8H2,1-4H3. The van der Waals surface area contributed by atoms with Gasteiger partial charge in [-0.3, -0.25) is 0 Å². The molecule has 1 aromatic heterocycles. The molecule has 1 unspecified atom stereocenters. The highest BCUT2D eigenvalue weighted by molar-refractivity contribution is 5.25. The van der Waals surface area contributed by atoms with Gasteiger partial charge in [-0.1, -0.05) is 0 Å². The van der Waals surface area contributed by atoms with E-state index in [1.807, 2.05) is 6.92 Å². The second-order valence-corrected chi connectivity index (χ2v) is 5.09. The first kappa shape index (κ1) is 13.4. The Kier molecular flexibility index (Phi) is 4.30. The topological polar surface area (TPSA) is 47.0 Å². The zero-order chi connectivity index (χ0) is 13.1. The molecule has 0 saturated heterocycles. The maximum absolute atomic E-state index is 5.27. The Labute approximate surface area is 109 Å². The minimum Gasteiger partial charge on any atom is -0.374 e. The van der Waals surface area contributed by atoms with E-state index in [9.17, 15) is 0 Å². The largest absolute Gasteiger partial charge is 0.374 e. The number of nitrogens with zero attached hydrogens (tertiary/aromatic N) is 2. The van der Waals surface area contributed by atoms with Gasteiger partial charge in [0, 0.05) is 24.5 Å². The van der Waals surface area contributed by atoms with Gasteiger partial charge in [0.05, 0.1) is 0 Å². The molecular weight excluding hydrogens is 226 g/mol. The van der Waals surface area contributed by atoms with Crippen LogP contribution in [0, 0.1) is 13.8 Å². The van der Waals surface area contributed by atoms with Crippen molar-refractivity contribution in [1.82, 2.24) is 15.3 Å². The maximum Gasteiger partial charge on any atom is 0.157 e. The third kappa shape index (κ3) is 3.27. The summed E-state index contributed by atoms with van der Waals surface area (Å²) in [5.41, 5.74) is 3.44. The van der Waals surface area contributed by atoms with Crippen molar-refractivity contribution in [3.8, 4) is 0 Å². The zero-order valence-corrected chi connectivity index (χ0v) is 11.8. The molecule has 2 rings (SSSR count). The van der Waals surface area contributed by atoms with Gasteiger partial charge < -0.3 is 10.1 Å². The van der Waals surface area contributed by atoms with Crippen LogP contribution in [0.4, 0.5) is 0 Å². The van der Waals surface area contributed by atoms with E-state index in [2.05, 4.69) is 29.1 Å². The van der Waals surface area contributed by atoms with Gasteiger partial charge in [-0.25, -0.2) is 9.97 Å². The lowest BCUT2D eigenvalue weighted by Crippen LogP contribution is -2.21. The average Bonchev–Trinajstić information content (AvgIpc) is 3.15. The minimum atomic E-state index is -0.0407. The average molecular weight is 249 g/mol. The second kappa shape index (κ2) is 5.76. The van der Waals surface area contributed by atoms with Crippen molar-refractivity contribution in [2.75, 3.05) is 13.7 Å². The number of rotatable bonds is 6. The van der Waals surface area contributed by atoms with Gasteiger partial charge in [0.25, 0.3) is 0 Å². The highest BCUT2D eigenvalue weighted by Gasteiger charge is 2.20. The van der Waals surface area contributed by atoms with Gasteiger partial charge in [-0.2, -0.15) is 0 Å². The molecule has 0 aliphatic heterocycles. The Morgan fingerprint density at radius 1 is 1.28 bits per heavy atom. The zero-order valence-electron chi connectivity index (χ0n) is 11.8. The van der Waals surface area contributed by atoms with Gasteiger partial charge in [-0.15, -0.1) is 0 Å². The van der Waals surface area contributed by atoms with Crippen LogP contribution in [0.15, 0.2) is 0 Å². The molecule has 1 atom stereocenters. The van der Waals surface area contributed by atoms with Crippen molar-refractivity contribution < 1.29 is 4.74 Å². The Balaban J connectivity index is 2.04. The number of aromatic nitrogens is 2. The number of hydrogen-bond acceptors (Lipinski definition) is 4. The van der Waals surface area contributed by atoms with E-state index < -0.39 is 0 Å². The first-order valence-corrected chi connectivity index (χ1v) is 6.72. The van der Waals surface area contributed by atoms with Gasteiger partial charge >= 0.3 is 0 Å². The summed E-state index contributed by atoms with van der Waals surface area (Å²) in [6, 6.07) is 0.763. The molecule has 4 heteroatoms. The molecule has 1 heterocycles. The van der Waals surface area contributed by atoms with E-state index in [-0.39, 0.29) is 6.10 Å². The fourth-order valence-corrected chi connectivity index (χ4v) is 2.10. The van der Waals surface area contributed by atoms with E-state index in [1.165, 1.54) is 18.4 Å². The molecule has 18 heavy (non-hydrogen) atoms. The summed E-state index contributed by atoms with van der Waals surface area (Å²) in [6.07, 6.45) is 3.63. The normalized spacial score (nSPS) is 16.9. The fraction of sp³-hybridized carbons (Fsp3) is 0.714. The number of nitrogens with one attached hydrogen (secondary N) is 1. The van der Waals surface area contributed by atoms with E-state index in [0.29, 0.717) is 0 Å². The molecule has 4 nitrogen and oxygen atoms in total. The molecular formula is C14H23N3O. The number of hydrogen-bond donors (Lipinski definition) is 1. The lowest BCUT2D eigenvalue weighted by atomic mass is 10.1. The molecule has 1 aromatic rings. The Morgan fingerprint density at radius 2 is 1.89 bits per heavy atom. The quantitative estimate of drug-likeness (QED) is 0.838. The molecule has 1 aliphatic carbocycles. The molecule has 0 aromatic carbocycles. The highest BCUT2D eigenvalue weighted by atomic mass is 16.5. The van der Waals surface area contributed by atoms with E-state index in [4.69, 9.17) is 4.74 Å². The summed E-state index contributed by atoms with van der Waals surface area (Å²) in [5, 5.41) is 3.53. The SMILES string of the molecule is COC(C)c1nc(C)c(CCNC2CC2)c(C)n1. The van der Waals surface area contributed by atoms with Gasteiger partial charge in [0.1, 0.15) is 6.10 Å². The lowest BCUT2D eigenvalue weighted by Gasteiger charge is -2.14. The molecule has 0 bridgehead atoms. The smallest absolute Gasteiger partial charge is 0.157 e. The van der Waals surface area contributed by atoms with Crippen molar-refractivity contribution in [2.45, 2.75) is 52.2 Å². The number of ether oxygens (including phenoxy) is 1. The van der Waals surface area contributed by atoms with Crippen LogP contribution < -0.4 is 5.32 Å². The van der Waals surface area contributed by atoms with E-state index in [0.717, 1.165) is 36.2 Å². The van der Waals surface area contributed by atoms with E-state index in [1.54, 1.807) is 7.11 Å². The van der Waals surface area contributed by atoms with Gasteiger partial charge in [0.15, 0.2) is 5.82 Å². The Bertz CT molecular complexity index is 392. The van der Waals surface area contributed by atoms with Crippen molar-refractivity contribution in [3.63, 3.8) is 0 Å². The Morgan fingerprint density at radius 3 is 2.39 bits per heavy atom. The van der Waals surface area contributed by atoms with Crippen LogP contribution in [0.1, 0.15) is 48.6 Å². The van der Waals surface area contributed by atoms with Crippen LogP contribution in [0.2, 0.25) is 0 Å². The molecule has 1 fully saturated rings. The summed E-state index contributed by atoms with van der Waals surface area (Å²) in [6.45, 7) is 7.12. The van der Waals surface area contributed by atoms with E-state index >= 15 is 0 Å². The lowest BCUT2D eigenvalue weighted by molar-refractivity contribution is 0.111. The van der Waals surface area contributed by atoms with Crippen LogP contribution in [0.5, 0.6) is 0 Å². The first-order valence-electron chi connectivity index (χ1n) is 6.72. The third-order valence-electron chi connectivity index (χ3n) is 3.54. The predicted octanol–water partition coefficient (Wildman–Crippen LogP) is 2.10. The molecule has 0 amide bonds. The number of aryl methyl sites for hydroxylation is 2. The van der Waals surface area contributed by atoms with Crippen LogP contribution >= 0.6 is 0 Å². The number of methoxy groups -OCH3 is 1. The predicted molar refractivity (Wildman–Crippen MR) is 71.7 cm³/mol. The van der Waals surface area contributed by atoms with Crippen molar-refractivity contribution in [2.24, 2.45) is 0 Å². The van der Waals surface area contributed by atoms with Crippen molar-refractivity contribution in [1.29, 1.82) is 0 Å². The minimum absolute atomic E-state index is 0.0407. The summed E-state index contributed by atoms with van der Waals surface area (Å²) >= 11 is 0. The molecule has 1 saturated carbocycles. The van der Waals surface area contributed by atoms with Gasteiger partial charge in [-0.05, 0) is 52.1 Å². The Hall–Kier alpha value is -1.00.